The summed E-state index contributed by atoms with van der Waals surface area (Å²) in [7, 11) is 1.84. The van der Waals surface area contributed by atoms with Gasteiger partial charge in [-0.25, -0.2) is 0 Å². The molecule has 0 saturated heterocycles. The van der Waals surface area contributed by atoms with Gasteiger partial charge in [-0.15, -0.1) is 10.2 Å². The summed E-state index contributed by atoms with van der Waals surface area (Å²) < 4.78 is 1.77. The monoisotopic (exact) mass is 259 g/mol. The second-order valence-electron chi connectivity index (χ2n) is 4.51. The van der Waals surface area contributed by atoms with Gasteiger partial charge in [-0.05, 0) is 31.5 Å². The number of benzene rings is 1. The second-order valence-corrected chi connectivity index (χ2v) is 4.51. The van der Waals surface area contributed by atoms with E-state index in [1.165, 1.54) is 0 Å². The lowest BCUT2D eigenvalue weighted by Crippen LogP contribution is -2.29. The maximum atomic E-state index is 12.2. The summed E-state index contributed by atoms with van der Waals surface area (Å²) >= 11 is 0. The van der Waals surface area contributed by atoms with Crippen LogP contribution >= 0.6 is 0 Å². The average molecular weight is 259 g/mol. The first kappa shape index (κ1) is 13.1. The fourth-order valence-corrected chi connectivity index (χ4v) is 1.92. The molecule has 0 saturated carbocycles. The normalized spacial score (nSPS) is 12.2. The van der Waals surface area contributed by atoms with Crippen LogP contribution in [-0.2, 0) is 7.05 Å². The van der Waals surface area contributed by atoms with Crippen LogP contribution < -0.4 is 11.1 Å². The van der Waals surface area contributed by atoms with Crippen LogP contribution in [0, 0.1) is 6.92 Å². The van der Waals surface area contributed by atoms with Crippen molar-refractivity contribution in [3.63, 3.8) is 0 Å². The third-order valence-electron chi connectivity index (χ3n) is 3.10. The van der Waals surface area contributed by atoms with E-state index in [1.54, 1.807) is 29.1 Å². The average Bonchev–Trinajstić information content (AvgIpc) is 2.79. The number of carbonyl (C=O) groups excluding carboxylic acids is 1. The Kier molecular flexibility index (Phi) is 3.50. The van der Waals surface area contributed by atoms with Gasteiger partial charge in [0.2, 0.25) is 0 Å². The summed E-state index contributed by atoms with van der Waals surface area (Å²) in [4.78, 5) is 12.2. The molecule has 1 unspecified atom stereocenters. The molecule has 1 aromatic heterocycles. The van der Waals surface area contributed by atoms with E-state index in [0.29, 0.717) is 17.1 Å². The third-order valence-corrected chi connectivity index (χ3v) is 3.10. The molecule has 2 aromatic rings. The molecule has 1 aromatic carbocycles. The zero-order valence-corrected chi connectivity index (χ0v) is 11.2. The molecule has 1 amide bonds. The molecule has 0 fully saturated rings. The van der Waals surface area contributed by atoms with Crippen molar-refractivity contribution >= 4 is 11.6 Å². The molecule has 2 rings (SSSR count). The summed E-state index contributed by atoms with van der Waals surface area (Å²) in [6, 6.07) is 5.08. The lowest BCUT2D eigenvalue weighted by atomic mass is 10.1. The van der Waals surface area contributed by atoms with Gasteiger partial charge in [0.1, 0.15) is 6.33 Å². The number of aromatic nitrogens is 3. The summed E-state index contributed by atoms with van der Waals surface area (Å²) in [6.07, 6.45) is 1.60. The first-order valence-corrected chi connectivity index (χ1v) is 6.00. The Morgan fingerprint density at radius 3 is 2.84 bits per heavy atom. The molecule has 0 aliphatic heterocycles. The Morgan fingerprint density at radius 1 is 1.47 bits per heavy atom. The third kappa shape index (κ3) is 2.57. The van der Waals surface area contributed by atoms with E-state index in [2.05, 4.69) is 15.5 Å². The van der Waals surface area contributed by atoms with Crippen LogP contribution in [0.1, 0.15) is 34.7 Å². The van der Waals surface area contributed by atoms with Crippen molar-refractivity contribution in [2.45, 2.75) is 19.9 Å². The number of carbonyl (C=O) groups is 1. The Bertz CT molecular complexity index is 605. The van der Waals surface area contributed by atoms with Crippen LogP contribution in [0.2, 0.25) is 0 Å². The lowest BCUT2D eigenvalue weighted by molar-refractivity contribution is 0.0937. The SMILES string of the molecule is Cc1c(N)cccc1C(=O)NC(C)c1nncn1C. The Morgan fingerprint density at radius 2 is 2.21 bits per heavy atom. The van der Waals surface area contributed by atoms with Gasteiger partial charge in [-0.1, -0.05) is 6.07 Å². The summed E-state index contributed by atoms with van der Waals surface area (Å²) in [5.41, 5.74) is 7.77. The van der Waals surface area contributed by atoms with Crippen molar-refractivity contribution in [3.05, 3.63) is 41.5 Å². The largest absolute Gasteiger partial charge is 0.398 e. The molecule has 0 radical (unpaired) electrons. The van der Waals surface area contributed by atoms with Gasteiger partial charge in [0.15, 0.2) is 5.82 Å². The molecule has 0 aliphatic rings. The molecule has 0 bridgehead atoms. The van der Waals surface area contributed by atoms with E-state index in [-0.39, 0.29) is 11.9 Å². The van der Waals surface area contributed by atoms with Gasteiger partial charge >= 0.3 is 0 Å². The van der Waals surface area contributed by atoms with Gasteiger partial charge < -0.3 is 15.6 Å². The van der Waals surface area contributed by atoms with E-state index in [0.717, 1.165) is 5.56 Å². The zero-order valence-electron chi connectivity index (χ0n) is 11.2. The number of nitrogens with two attached hydrogens (primary N) is 1. The smallest absolute Gasteiger partial charge is 0.252 e. The highest BCUT2D eigenvalue weighted by Gasteiger charge is 2.17. The molecule has 3 N–H and O–H groups in total. The first-order chi connectivity index (χ1) is 9.00. The number of aryl methyl sites for hydroxylation is 1. The minimum Gasteiger partial charge on any atom is -0.398 e. The second kappa shape index (κ2) is 5.09. The van der Waals surface area contributed by atoms with Crippen LogP contribution in [0.25, 0.3) is 0 Å². The highest BCUT2D eigenvalue weighted by molar-refractivity contribution is 5.97. The van der Waals surface area contributed by atoms with Crippen LogP contribution in [0.15, 0.2) is 24.5 Å². The van der Waals surface area contributed by atoms with Gasteiger partial charge in [0, 0.05) is 18.3 Å². The van der Waals surface area contributed by atoms with Crippen molar-refractivity contribution in [3.8, 4) is 0 Å². The van der Waals surface area contributed by atoms with Crippen molar-refractivity contribution in [2.75, 3.05) is 5.73 Å². The Hall–Kier alpha value is -2.37. The van der Waals surface area contributed by atoms with Crippen LogP contribution in [0.3, 0.4) is 0 Å². The maximum absolute atomic E-state index is 12.2. The van der Waals surface area contributed by atoms with Crippen molar-refractivity contribution in [2.24, 2.45) is 7.05 Å². The van der Waals surface area contributed by atoms with Gasteiger partial charge in [0.05, 0.1) is 6.04 Å². The van der Waals surface area contributed by atoms with E-state index in [4.69, 9.17) is 5.73 Å². The number of hydrogen-bond acceptors (Lipinski definition) is 4. The number of amides is 1. The molecule has 1 heterocycles. The summed E-state index contributed by atoms with van der Waals surface area (Å²) in [5, 5.41) is 10.7. The van der Waals surface area contributed by atoms with E-state index in [1.807, 2.05) is 20.9 Å². The van der Waals surface area contributed by atoms with Crippen LogP contribution in [0.5, 0.6) is 0 Å². The van der Waals surface area contributed by atoms with Crippen LogP contribution in [-0.4, -0.2) is 20.7 Å². The number of nitrogens with one attached hydrogen (secondary N) is 1. The highest BCUT2D eigenvalue weighted by Crippen LogP contribution is 2.16. The number of nitrogen functional groups attached to an aromatic ring is 1. The van der Waals surface area contributed by atoms with E-state index in [9.17, 15) is 4.79 Å². The summed E-state index contributed by atoms with van der Waals surface area (Å²) in [5.74, 6) is 0.537. The molecule has 6 heteroatoms. The van der Waals surface area contributed by atoms with Crippen LogP contribution in [0.4, 0.5) is 5.69 Å². The molecular weight excluding hydrogens is 242 g/mol. The van der Waals surface area contributed by atoms with Crippen molar-refractivity contribution in [1.82, 2.24) is 20.1 Å². The fourth-order valence-electron chi connectivity index (χ4n) is 1.92. The fraction of sp³-hybridized carbons (Fsp3) is 0.308. The minimum atomic E-state index is -0.221. The zero-order chi connectivity index (χ0) is 14.0. The quantitative estimate of drug-likeness (QED) is 0.811. The topological polar surface area (TPSA) is 85.8 Å². The standard InChI is InChI=1S/C13H17N5O/c1-8-10(5-4-6-11(8)14)13(19)16-9(2)12-17-15-7-18(12)3/h4-7,9H,14H2,1-3H3,(H,16,19). The molecule has 0 aliphatic carbocycles. The number of hydrogen-bond donors (Lipinski definition) is 2. The van der Waals surface area contributed by atoms with Gasteiger partial charge in [-0.3, -0.25) is 4.79 Å². The Labute approximate surface area is 111 Å². The molecule has 0 spiro atoms. The molecule has 1 atom stereocenters. The predicted molar refractivity (Wildman–Crippen MR) is 72.5 cm³/mol. The van der Waals surface area contributed by atoms with Crippen molar-refractivity contribution < 1.29 is 4.79 Å². The van der Waals surface area contributed by atoms with E-state index >= 15 is 0 Å². The minimum absolute atomic E-state index is 0.166. The summed E-state index contributed by atoms with van der Waals surface area (Å²) in [6.45, 7) is 3.70. The number of anilines is 1. The number of nitrogens with zero attached hydrogens (tertiary/aromatic N) is 3. The van der Waals surface area contributed by atoms with Gasteiger partial charge in [0.25, 0.3) is 5.91 Å². The van der Waals surface area contributed by atoms with Gasteiger partial charge in [-0.2, -0.15) is 0 Å². The lowest BCUT2D eigenvalue weighted by Gasteiger charge is -2.14. The maximum Gasteiger partial charge on any atom is 0.252 e. The highest BCUT2D eigenvalue weighted by atomic mass is 16.1. The molecular formula is C13H17N5O. The van der Waals surface area contributed by atoms with Crippen molar-refractivity contribution in [1.29, 1.82) is 0 Å². The molecule has 6 nitrogen and oxygen atoms in total. The predicted octanol–water partition coefficient (Wildman–Crippen LogP) is 1.20. The number of rotatable bonds is 3. The molecule has 100 valence electrons. The molecule has 19 heavy (non-hydrogen) atoms. The first-order valence-electron chi connectivity index (χ1n) is 6.00. The Balaban J connectivity index is 2.18. The van der Waals surface area contributed by atoms with E-state index < -0.39 is 0 Å².